The third-order valence-corrected chi connectivity index (χ3v) is 2.74. The average molecular weight is 305 g/mol. The molecule has 0 unspecified atom stereocenters. The molecule has 0 aliphatic carbocycles. The van der Waals surface area contributed by atoms with Crippen molar-refractivity contribution >= 4 is 15.9 Å². The Labute approximate surface area is 104 Å². The van der Waals surface area contributed by atoms with Crippen LogP contribution in [0.1, 0.15) is 11.5 Å². The van der Waals surface area contributed by atoms with Crippen LogP contribution in [0, 0.1) is 6.92 Å². The molecule has 1 nitrogen and oxygen atoms in total. The van der Waals surface area contributed by atoms with E-state index < -0.39 is 11.9 Å². The smallest absolute Gasteiger partial charge is 0.450 e. The van der Waals surface area contributed by atoms with Crippen LogP contribution in [0.3, 0.4) is 0 Å². The molecule has 0 aliphatic rings. The van der Waals surface area contributed by atoms with E-state index in [1.54, 1.807) is 24.3 Å². The molecule has 0 bridgehead atoms. The van der Waals surface area contributed by atoms with Gasteiger partial charge in [-0.2, -0.15) is 13.2 Å². The summed E-state index contributed by atoms with van der Waals surface area (Å²) in [6.45, 7) is 1.50. The van der Waals surface area contributed by atoms with E-state index in [4.69, 9.17) is 4.42 Å². The van der Waals surface area contributed by atoms with Crippen LogP contribution in [0.5, 0.6) is 0 Å². The molecule has 0 radical (unpaired) electrons. The number of hydrogen-bond acceptors (Lipinski definition) is 1. The highest BCUT2D eigenvalue weighted by Gasteiger charge is 2.38. The lowest BCUT2D eigenvalue weighted by Gasteiger charge is -2.06. The van der Waals surface area contributed by atoms with Gasteiger partial charge in [-0.15, -0.1) is 0 Å². The van der Waals surface area contributed by atoms with Crippen LogP contribution in [0.2, 0.25) is 0 Å². The van der Waals surface area contributed by atoms with Gasteiger partial charge in [0.1, 0.15) is 5.76 Å². The highest BCUT2D eigenvalue weighted by molar-refractivity contribution is 9.10. The molecule has 1 heterocycles. The van der Waals surface area contributed by atoms with E-state index in [9.17, 15) is 13.2 Å². The molecule has 0 atom stereocenters. The van der Waals surface area contributed by atoms with Crippen LogP contribution in [0.4, 0.5) is 13.2 Å². The summed E-state index contributed by atoms with van der Waals surface area (Å²) in [6.07, 6.45) is -4.48. The Morgan fingerprint density at radius 1 is 1.18 bits per heavy atom. The van der Waals surface area contributed by atoms with Gasteiger partial charge in [-0.05, 0) is 30.7 Å². The number of hydrogen-bond donors (Lipinski definition) is 0. The summed E-state index contributed by atoms with van der Waals surface area (Å²) < 4.78 is 43.7. The number of rotatable bonds is 1. The minimum absolute atomic E-state index is 0.0660. The van der Waals surface area contributed by atoms with Gasteiger partial charge >= 0.3 is 6.18 Å². The zero-order valence-electron chi connectivity index (χ0n) is 8.81. The van der Waals surface area contributed by atoms with Gasteiger partial charge in [0.2, 0.25) is 5.76 Å². The maximum atomic E-state index is 12.7. The molecule has 0 N–H and O–H groups in total. The maximum Gasteiger partial charge on any atom is 0.450 e. The summed E-state index contributed by atoms with van der Waals surface area (Å²) in [6, 6.07) is 8.07. The highest BCUT2D eigenvalue weighted by Crippen LogP contribution is 2.39. The normalized spacial score (nSPS) is 11.8. The van der Waals surface area contributed by atoms with Crippen LogP contribution in [-0.2, 0) is 6.18 Å². The van der Waals surface area contributed by atoms with E-state index in [0.29, 0.717) is 5.56 Å². The molecule has 17 heavy (non-hydrogen) atoms. The lowest BCUT2D eigenvalue weighted by Crippen LogP contribution is -2.04. The highest BCUT2D eigenvalue weighted by atomic mass is 79.9. The summed E-state index contributed by atoms with van der Waals surface area (Å²) in [5, 5.41) is 0. The van der Waals surface area contributed by atoms with Gasteiger partial charge < -0.3 is 4.42 Å². The first-order chi connectivity index (χ1) is 7.88. The second kappa shape index (κ2) is 4.22. The number of furan rings is 1. The molecular formula is C12H8BrF3O. The second-order valence-corrected chi connectivity index (χ2v) is 4.52. The van der Waals surface area contributed by atoms with Crippen molar-refractivity contribution in [3.63, 3.8) is 0 Å². The SMILES string of the molecule is Cc1cc(-c2cccc(Br)c2)c(C(F)(F)F)o1. The third-order valence-electron chi connectivity index (χ3n) is 2.25. The van der Waals surface area contributed by atoms with E-state index >= 15 is 0 Å². The van der Waals surface area contributed by atoms with Crippen molar-refractivity contribution in [2.75, 3.05) is 0 Å². The average Bonchev–Trinajstić information content (AvgIpc) is 2.60. The van der Waals surface area contributed by atoms with Gasteiger partial charge in [-0.3, -0.25) is 0 Å². The van der Waals surface area contributed by atoms with Gasteiger partial charge in [-0.25, -0.2) is 0 Å². The van der Waals surface area contributed by atoms with Gasteiger partial charge in [0.15, 0.2) is 0 Å². The van der Waals surface area contributed by atoms with E-state index in [1.165, 1.54) is 13.0 Å². The summed E-state index contributed by atoms with van der Waals surface area (Å²) in [5.74, 6) is -0.708. The number of alkyl halides is 3. The number of benzene rings is 1. The Balaban J connectivity index is 2.60. The Hall–Kier alpha value is -1.23. The molecule has 0 saturated carbocycles. The monoisotopic (exact) mass is 304 g/mol. The third kappa shape index (κ3) is 2.54. The van der Waals surface area contributed by atoms with Crippen LogP contribution in [0.25, 0.3) is 11.1 Å². The molecule has 5 heteroatoms. The lowest BCUT2D eigenvalue weighted by molar-refractivity contribution is -0.152. The fourth-order valence-corrected chi connectivity index (χ4v) is 1.99. The van der Waals surface area contributed by atoms with Gasteiger partial charge in [0.05, 0.1) is 0 Å². The largest absolute Gasteiger partial charge is 0.456 e. The fourth-order valence-electron chi connectivity index (χ4n) is 1.60. The standard InChI is InChI=1S/C12H8BrF3O/c1-7-5-10(11(17-7)12(14,15)16)8-3-2-4-9(13)6-8/h2-6H,1H3. The summed E-state index contributed by atoms with van der Waals surface area (Å²) in [7, 11) is 0. The molecular weight excluding hydrogens is 297 g/mol. The maximum absolute atomic E-state index is 12.7. The Kier molecular flexibility index (Phi) is 3.03. The fraction of sp³-hybridized carbons (Fsp3) is 0.167. The molecule has 0 saturated heterocycles. The zero-order valence-corrected chi connectivity index (χ0v) is 10.4. The molecule has 2 rings (SSSR count). The van der Waals surface area contributed by atoms with E-state index in [0.717, 1.165) is 4.47 Å². The summed E-state index contributed by atoms with van der Waals surface area (Å²) in [4.78, 5) is 0. The van der Waals surface area contributed by atoms with Gasteiger partial charge in [-0.1, -0.05) is 28.1 Å². The van der Waals surface area contributed by atoms with Crippen molar-refractivity contribution in [3.05, 3.63) is 46.3 Å². The minimum Gasteiger partial charge on any atom is -0.456 e. The van der Waals surface area contributed by atoms with Gasteiger partial charge in [0, 0.05) is 10.0 Å². The first kappa shape index (κ1) is 12.2. The first-order valence-electron chi connectivity index (χ1n) is 4.81. The van der Waals surface area contributed by atoms with Crippen LogP contribution >= 0.6 is 15.9 Å². The zero-order chi connectivity index (χ0) is 12.6. The van der Waals surface area contributed by atoms with Gasteiger partial charge in [0.25, 0.3) is 0 Å². The first-order valence-corrected chi connectivity index (χ1v) is 5.61. The second-order valence-electron chi connectivity index (χ2n) is 3.61. The molecule has 0 fully saturated rings. The van der Waals surface area contributed by atoms with Crippen LogP contribution in [-0.4, -0.2) is 0 Å². The quantitative estimate of drug-likeness (QED) is 0.719. The topological polar surface area (TPSA) is 13.1 Å². The Bertz CT molecular complexity index is 543. The molecule has 0 amide bonds. The van der Waals surface area contributed by atoms with Crippen LogP contribution < -0.4 is 0 Å². The summed E-state index contributed by atoms with van der Waals surface area (Å²) >= 11 is 3.23. The van der Waals surface area contributed by atoms with E-state index in [-0.39, 0.29) is 11.3 Å². The van der Waals surface area contributed by atoms with Crippen molar-refractivity contribution in [3.8, 4) is 11.1 Å². The predicted molar refractivity (Wildman–Crippen MR) is 61.6 cm³/mol. The van der Waals surface area contributed by atoms with Crippen molar-refractivity contribution in [1.29, 1.82) is 0 Å². The molecule has 1 aromatic carbocycles. The van der Waals surface area contributed by atoms with Crippen molar-refractivity contribution in [1.82, 2.24) is 0 Å². The minimum atomic E-state index is -4.48. The molecule has 1 aromatic heterocycles. The number of halogens is 4. The summed E-state index contributed by atoms with van der Waals surface area (Å²) in [5.41, 5.74) is 0.542. The van der Waals surface area contributed by atoms with Crippen molar-refractivity contribution < 1.29 is 17.6 Å². The van der Waals surface area contributed by atoms with Crippen molar-refractivity contribution in [2.45, 2.75) is 13.1 Å². The van der Waals surface area contributed by atoms with Crippen LogP contribution in [0.15, 0.2) is 39.2 Å². The molecule has 2 aromatic rings. The lowest BCUT2D eigenvalue weighted by atomic mass is 10.1. The predicted octanol–water partition coefficient (Wildman–Crippen LogP) is 5.04. The number of aryl methyl sites for hydroxylation is 1. The Morgan fingerprint density at radius 2 is 1.88 bits per heavy atom. The van der Waals surface area contributed by atoms with Crippen molar-refractivity contribution in [2.24, 2.45) is 0 Å². The molecule has 0 aliphatic heterocycles. The Morgan fingerprint density at radius 3 is 2.47 bits per heavy atom. The van der Waals surface area contributed by atoms with E-state index in [1.807, 2.05) is 0 Å². The molecule has 0 spiro atoms. The van der Waals surface area contributed by atoms with E-state index in [2.05, 4.69) is 15.9 Å². The molecule has 90 valence electrons.